The lowest BCUT2D eigenvalue weighted by Crippen LogP contribution is -2.33. The van der Waals surface area contributed by atoms with Crippen molar-refractivity contribution in [2.24, 2.45) is 0 Å². The summed E-state index contributed by atoms with van der Waals surface area (Å²) in [6.45, 7) is 8.32. The summed E-state index contributed by atoms with van der Waals surface area (Å²) in [6, 6.07) is 2.43. The minimum atomic E-state index is 0.360. The molecule has 0 aliphatic carbocycles. The monoisotopic (exact) mass is 306 g/mol. The molecule has 0 amide bonds. The number of aryl methyl sites for hydroxylation is 1. The molecule has 0 N–H and O–H groups in total. The molecule has 0 saturated carbocycles. The SMILES string of the molecule is Cc1cc([C@@H]2CCCCN2Cc2snnc2C(C)C)no1. The highest BCUT2D eigenvalue weighted by atomic mass is 32.1. The Morgan fingerprint density at radius 2 is 2.29 bits per heavy atom. The number of rotatable bonds is 4. The lowest BCUT2D eigenvalue weighted by atomic mass is 9.98. The molecule has 0 radical (unpaired) electrons. The number of likely N-dealkylation sites (tertiary alicyclic amines) is 1. The van der Waals surface area contributed by atoms with E-state index in [9.17, 15) is 0 Å². The summed E-state index contributed by atoms with van der Waals surface area (Å²) in [6.07, 6.45) is 3.65. The Balaban J connectivity index is 1.80. The molecular weight excluding hydrogens is 284 g/mol. The van der Waals surface area contributed by atoms with Crippen molar-refractivity contribution in [2.45, 2.75) is 58.5 Å². The highest BCUT2D eigenvalue weighted by Crippen LogP contribution is 2.33. The van der Waals surface area contributed by atoms with Gasteiger partial charge in [0.05, 0.1) is 16.6 Å². The lowest BCUT2D eigenvalue weighted by molar-refractivity contribution is 0.134. The molecule has 1 saturated heterocycles. The zero-order valence-electron chi connectivity index (χ0n) is 12.9. The maximum absolute atomic E-state index is 5.26. The van der Waals surface area contributed by atoms with Crippen LogP contribution in [0.4, 0.5) is 0 Å². The first-order valence-corrected chi connectivity index (χ1v) is 8.41. The van der Waals surface area contributed by atoms with Crippen molar-refractivity contribution >= 4 is 11.5 Å². The molecule has 3 heterocycles. The highest BCUT2D eigenvalue weighted by molar-refractivity contribution is 7.05. The molecule has 0 aromatic carbocycles. The molecule has 1 atom stereocenters. The Kier molecular flexibility index (Phi) is 4.35. The van der Waals surface area contributed by atoms with E-state index in [0.29, 0.717) is 12.0 Å². The second kappa shape index (κ2) is 6.23. The third-order valence-electron chi connectivity index (χ3n) is 4.08. The molecular formula is C15H22N4OS. The zero-order chi connectivity index (χ0) is 14.8. The van der Waals surface area contributed by atoms with Crippen LogP contribution >= 0.6 is 11.5 Å². The molecule has 21 heavy (non-hydrogen) atoms. The fraction of sp³-hybridized carbons (Fsp3) is 0.667. The molecule has 1 aliphatic rings. The normalized spacial score (nSPS) is 20.3. The molecule has 2 aromatic heterocycles. The van der Waals surface area contributed by atoms with E-state index in [-0.39, 0.29) is 0 Å². The minimum Gasteiger partial charge on any atom is -0.361 e. The third-order valence-corrected chi connectivity index (χ3v) is 4.80. The maximum Gasteiger partial charge on any atom is 0.133 e. The van der Waals surface area contributed by atoms with Crippen molar-refractivity contribution in [3.8, 4) is 0 Å². The lowest BCUT2D eigenvalue weighted by Gasteiger charge is -2.34. The largest absolute Gasteiger partial charge is 0.361 e. The van der Waals surface area contributed by atoms with Crippen molar-refractivity contribution in [1.82, 2.24) is 19.6 Å². The van der Waals surface area contributed by atoms with E-state index < -0.39 is 0 Å². The van der Waals surface area contributed by atoms with Crippen molar-refractivity contribution in [1.29, 1.82) is 0 Å². The van der Waals surface area contributed by atoms with E-state index in [1.165, 1.54) is 29.3 Å². The molecule has 5 nitrogen and oxygen atoms in total. The number of hydrogen-bond donors (Lipinski definition) is 0. The first-order valence-electron chi connectivity index (χ1n) is 7.63. The second-order valence-corrected chi connectivity index (χ2v) is 6.92. The average Bonchev–Trinajstić information content (AvgIpc) is 3.08. The molecule has 3 rings (SSSR count). The Morgan fingerprint density at radius 3 is 3.00 bits per heavy atom. The van der Waals surface area contributed by atoms with Gasteiger partial charge in [-0.15, -0.1) is 5.10 Å². The van der Waals surface area contributed by atoms with Crippen LogP contribution in [0.3, 0.4) is 0 Å². The smallest absolute Gasteiger partial charge is 0.133 e. The van der Waals surface area contributed by atoms with Crippen LogP contribution in [0.25, 0.3) is 0 Å². The molecule has 0 bridgehead atoms. The summed E-state index contributed by atoms with van der Waals surface area (Å²) in [5, 5.41) is 8.52. The van der Waals surface area contributed by atoms with Crippen LogP contribution < -0.4 is 0 Å². The zero-order valence-corrected chi connectivity index (χ0v) is 13.7. The molecule has 6 heteroatoms. The van der Waals surface area contributed by atoms with E-state index in [1.54, 1.807) is 0 Å². The van der Waals surface area contributed by atoms with Crippen molar-refractivity contribution in [3.05, 3.63) is 28.1 Å². The molecule has 1 aliphatic heterocycles. The van der Waals surface area contributed by atoms with Crippen LogP contribution in [0.2, 0.25) is 0 Å². The predicted molar refractivity (Wildman–Crippen MR) is 82.2 cm³/mol. The van der Waals surface area contributed by atoms with Gasteiger partial charge in [-0.05, 0) is 43.8 Å². The van der Waals surface area contributed by atoms with Gasteiger partial charge >= 0.3 is 0 Å². The van der Waals surface area contributed by atoms with Crippen LogP contribution in [-0.2, 0) is 6.54 Å². The molecule has 1 fully saturated rings. The summed E-state index contributed by atoms with van der Waals surface area (Å²) >= 11 is 1.53. The Bertz CT molecular complexity index is 592. The topological polar surface area (TPSA) is 55.1 Å². The average molecular weight is 306 g/mol. The maximum atomic E-state index is 5.26. The number of hydrogen-bond acceptors (Lipinski definition) is 6. The van der Waals surface area contributed by atoms with Gasteiger partial charge in [0.15, 0.2) is 0 Å². The molecule has 0 spiro atoms. The van der Waals surface area contributed by atoms with Gasteiger partial charge in [0.25, 0.3) is 0 Å². The number of nitrogens with zero attached hydrogens (tertiary/aromatic N) is 4. The van der Waals surface area contributed by atoms with Gasteiger partial charge in [-0.2, -0.15) is 0 Å². The highest BCUT2D eigenvalue weighted by Gasteiger charge is 2.28. The summed E-state index contributed by atoms with van der Waals surface area (Å²) in [5.74, 6) is 1.31. The van der Waals surface area contributed by atoms with Crippen LogP contribution in [0.15, 0.2) is 10.6 Å². The molecule has 0 unspecified atom stereocenters. The van der Waals surface area contributed by atoms with Gasteiger partial charge < -0.3 is 4.52 Å². The van der Waals surface area contributed by atoms with Gasteiger partial charge in [0.1, 0.15) is 11.5 Å². The standard InChI is InChI=1S/C15H22N4OS/c1-10(2)15-14(21-18-16-15)9-19-7-5-4-6-13(19)12-8-11(3)20-17-12/h8,10,13H,4-7,9H2,1-3H3/t13-/m0/s1. The van der Waals surface area contributed by atoms with Gasteiger partial charge in [-0.25, -0.2) is 0 Å². The summed E-state index contributed by atoms with van der Waals surface area (Å²) in [4.78, 5) is 3.79. The number of piperidine rings is 1. The van der Waals surface area contributed by atoms with Crippen LogP contribution in [0.1, 0.15) is 67.1 Å². The van der Waals surface area contributed by atoms with E-state index in [1.807, 2.05) is 6.92 Å². The van der Waals surface area contributed by atoms with E-state index in [4.69, 9.17) is 4.52 Å². The first-order chi connectivity index (χ1) is 10.1. The van der Waals surface area contributed by atoms with Gasteiger partial charge in [0, 0.05) is 12.6 Å². The summed E-state index contributed by atoms with van der Waals surface area (Å²) in [7, 11) is 0. The Labute approximate surface area is 129 Å². The van der Waals surface area contributed by atoms with Crippen LogP contribution in [0.5, 0.6) is 0 Å². The van der Waals surface area contributed by atoms with Crippen LogP contribution in [0, 0.1) is 6.92 Å². The predicted octanol–water partition coefficient (Wildman–Crippen LogP) is 3.69. The molecule has 2 aromatic rings. The van der Waals surface area contributed by atoms with Crippen molar-refractivity contribution in [3.63, 3.8) is 0 Å². The second-order valence-electron chi connectivity index (χ2n) is 6.08. The fourth-order valence-electron chi connectivity index (χ4n) is 3.01. The first kappa shape index (κ1) is 14.7. The molecule has 114 valence electrons. The van der Waals surface area contributed by atoms with Gasteiger partial charge in [-0.3, -0.25) is 4.90 Å². The fourth-order valence-corrected chi connectivity index (χ4v) is 3.83. The van der Waals surface area contributed by atoms with E-state index in [2.05, 4.69) is 39.6 Å². The number of aromatic nitrogens is 3. The van der Waals surface area contributed by atoms with Gasteiger partial charge in [0.2, 0.25) is 0 Å². The Hall–Kier alpha value is -1.27. The minimum absolute atomic E-state index is 0.360. The Morgan fingerprint density at radius 1 is 1.43 bits per heavy atom. The van der Waals surface area contributed by atoms with Crippen molar-refractivity contribution in [2.75, 3.05) is 6.54 Å². The van der Waals surface area contributed by atoms with Crippen LogP contribution in [-0.4, -0.2) is 26.2 Å². The quantitative estimate of drug-likeness (QED) is 0.862. The third kappa shape index (κ3) is 3.16. The van der Waals surface area contributed by atoms with Gasteiger partial charge in [-0.1, -0.05) is 29.9 Å². The van der Waals surface area contributed by atoms with E-state index >= 15 is 0 Å². The van der Waals surface area contributed by atoms with E-state index in [0.717, 1.165) is 36.7 Å². The summed E-state index contributed by atoms with van der Waals surface area (Å²) in [5.41, 5.74) is 2.21. The van der Waals surface area contributed by atoms with Crippen molar-refractivity contribution < 1.29 is 4.52 Å². The summed E-state index contributed by atoms with van der Waals surface area (Å²) < 4.78 is 9.41.